The highest BCUT2D eigenvalue weighted by Gasteiger charge is 2.40. The van der Waals surface area contributed by atoms with Crippen LogP contribution in [0.15, 0.2) is 60.7 Å². The van der Waals surface area contributed by atoms with E-state index >= 15 is 0 Å². The van der Waals surface area contributed by atoms with E-state index in [1.165, 1.54) is 13.2 Å². The van der Waals surface area contributed by atoms with Gasteiger partial charge in [0, 0.05) is 60.4 Å². The Balaban J connectivity index is 1.14. The number of carbonyl (C=O) groups is 2. The minimum absolute atomic E-state index is 0.0731. The molecule has 2 fully saturated rings. The maximum Gasteiger partial charge on any atom is 0.419 e. The van der Waals surface area contributed by atoms with Crippen LogP contribution in [0.4, 0.5) is 13.2 Å². The van der Waals surface area contributed by atoms with Crippen LogP contribution in [0.2, 0.25) is 5.02 Å². The second-order valence-electron chi connectivity index (χ2n) is 14.6. The molecule has 7 rings (SSSR count). The number of ether oxygens (including phenoxy) is 3. The number of aromatic nitrogens is 1. The lowest BCUT2D eigenvalue weighted by atomic mass is 9.94. The number of rotatable bonds is 13. The fourth-order valence-corrected chi connectivity index (χ4v) is 8.43. The molecular formula is C42H44ClF3N4O5. The Kier molecular flexibility index (Phi) is 11.1. The first kappa shape index (κ1) is 38.6. The molecule has 3 atom stereocenters. The number of fused-ring (bicyclic) bond motifs is 1. The number of hydrogen-bond acceptors (Lipinski definition) is 8. The second kappa shape index (κ2) is 15.8. The average Bonchev–Trinajstić information content (AvgIpc) is 3.90. The van der Waals surface area contributed by atoms with E-state index in [1.54, 1.807) is 7.11 Å². The molecule has 290 valence electrons. The lowest BCUT2D eigenvalue weighted by Crippen LogP contribution is -2.42. The van der Waals surface area contributed by atoms with Crippen molar-refractivity contribution in [2.24, 2.45) is 0 Å². The molecule has 9 nitrogen and oxygen atoms in total. The summed E-state index contributed by atoms with van der Waals surface area (Å²) in [6.45, 7) is 3.71. The van der Waals surface area contributed by atoms with Crippen molar-refractivity contribution >= 4 is 23.8 Å². The second-order valence-corrected chi connectivity index (χ2v) is 15.0. The third-order valence-corrected chi connectivity index (χ3v) is 11.5. The van der Waals surface area contributed by atoms with Crippen molar-refractivity contribution in [2.45, 2.75) is 82.4 Å². The quantitative estimate of drug-likeness (QED) is 0.132. The zero-order valence-electron chi connectivity index (χ0n) is 31.0. The molecule has 0 bridgehead atoms. The summed E-state index contributed by atoms with van der Waals surface area (Å²) in [5.74, 6) is 0.497. The van der Waals surface area contributed by atoms with Gasteiger partial charge in [0.2, 0.25) is 11.8 Å². The lowest BCUT2D eigenvalue weighted by molar-refractivity contribution is -0.139. The van der Waals surface area contributed by atoms with Crippen LogP contribution in [-0.2, 0) is 35.3 Å². The van der Waals surface area contributed by atoms with Gasteiger partial charge in [0.15, 0.2) is 0 Å². The number of amides is 1. The Morgan fingerprint density at radius 2 is 1.78 bits per heavy atom. The summed E-state index contributed by atoms with van der Waals surface area (Å²) < 4.78 is 61.4. The lowest BCUT2D eigenvalue weighted by Gasteiger charge is -2.31. The van der Waals surface area contributed by atoms with Crippen LogP contribution in [0.3, 0.4) is 0 Å². The van der Waals surface area contributed by atoms with Gasteiger partial charge in [0.25, 0.3) is 0 Å². The molecule has 0 spiro atoms. The number of likely N-dealkylation sites (tertiary alicyclic amines) is 1. The smallest absolute Gasteiger partial charge is 0.419 e. The van der Waals surface area contributed by atoms with Gasteiger partial charge in [-0.1, -0.05) is 54.1 Å². The van der Waals surface area contributed by atoms with E-state index in [-0.39, 0.29) is 30.0 Å². The molecule has 3 heterocycles. The number of alkyl halides is 3. The number of methoxy groups -OCH3 is 2. The normalized spacial score (nSPS) is 21.0. The monoisotopic (exact) mass is 776 g/mol. The first-order valence-electron chi connectivity index (χ1n) is 18.5. The van der Waals surface area contributed by atoms with E-state index < -0.39 is 23.4 Å². The van der Waals surface area contributed by atoms with Crippen molar-refractivity contribution < 1.29 is 37.0 Å². The summed E-state index contributed by atoms with van der Waals surface area (Å²) in [5, 5.41) is 6.82. The fraction of sp³-hybridized carbons (Fsp3) is 0.405. The number of hydrogen-bond donors (Lipinski definition) is 2. The molecule has 3 aromatic carbocycles. The number of nitrogens with one attached hydrogen (secondary N) is 2. The minimum atomic E-state index is -4.69. The molecule has 4 aromatic rings. The van der Waals surface area contributed by atoms with Gasteiger partial charge in [-0.05, 0) is 74.4 Å². The Hall–Kier alpha value is -4.65. The molecule has 0 unspecified atom stereocenters. The highest BCUT2D eigenvalue weighted by Crippen LogP contribution is 2.47. The molecular weight excluding hydrogens is 733 g/mol. The van der Waals surface area contributed by atoms with Crippen LogP contribution in [0.1, 0.15) is 72.9 Å². The van der Waals surface area contributed by atoms with Crippen LogP contribution in [0, 0.1) is 0 Å². The van der Waals surface area contributed by atoms with Crippen LogP contribution < -0.4 is 24.8 Å². The summed E-state index contributed by atoms with van der Waals surface area (Å²) in [5.41, 5.74) is 4.30. The van der Waals surface area contributed by atoms with E-state index in [9.17, 15) is 22.8 Å². The number of pyridine rings is 1. The zero-order valence-corrected chi connectivity index (χ0v) is 31.8. The highest BCUT2D eigenvalue weighted by atomic mass is 35.5. The summed E-state index contributed by atoms with van der Waals surface area (Å²) in [4.78, 5) is 30.1. The molecule has 2 aliphatic heterocycles. The van der Waals surface area contributed by atoms with Gasteiger partial charge in [-0.15, -0.1) is 0 Å². The Morgan fingerprint density at radius 3 is 2.51 bits per heavy atom. The van der Waals surface area contributed by atoms with Crippen molar-refractivity contribution in [1.82, 2.24) is 20.5 Å². The Bertz CT molecular complexity index is 2100. The molecule has 1 amide bonds. The van der Waals surface area contributed by atoms with E-state index in [2.05, 4.69) is 10.6 Å². The molecule has 1 aromatic heterocycles. The SMILES string of the molecule is COc1cc(O[C@H]2CCc3c(-c4cccc(-c5ccc(CNC[C@@H]6CCC(=O)N6)c(OC)n5)c4Cl)cccc32)c(C(F)(F)F)cc1CN1CCC[C@@]1(C)C=O. The number of aldehydes is 1. The predicted octanol–water partition coefficient (Wildman–Crippen LogP) is 8.09. The first-order valence-corrected chi connectivity index (χ1v) is 18.9. The van der Waals surface area contributed by atoms with Gasteiger partial charge in [-0.3, -0.25) is 9.69 Å². The number of benzene rings is 3. The van der Waals surface area contributed by atoms with Crippen LogP contribution in [-0.4, -0.2) is 61.0 Å². The van der Waals surface area contributed by atoms with Crippen molar-refractivity contribution in [3.05, 3.63) is 93.5 Å². The van der Waals surface area contributed by atoms with Crippen molar-refractivity contribution in [1.29, 1.82) is 0 Å². The molecule has 3 aliphatic rings. The van der Waals surface area contributed by atoms with E-state index in [1.807, 2.05) is 60.4 Å². The topological polar surface area (TPSA) is 102 Å². The van der Waals surface area contributed by atoms with Gasteiger partial charge >= 0.3 is 6.18 Å². The molecule has 0 saturated carbocycles. The summed E-state index contributed by atoms with van der Waals surface area (Å²) in [6, 6.07) is 17.8. The van der Waals surface area contributed by atoms with Gasteiger partial charge in [0.1, 0.15) is 23.9 Å². The summed E-state index contributed by atoms with van der Waals surface area (Å²) in [7, 11) is 2.99. The molecule has 0 radical (unpaired) electrons. The average molecular weight is 777 g/mol. The Labute approximate surface area is 323 Å². The number of halogens is 4. The molecule has 55 heavy (non-hydrogen) atoms. The molecule has 1 aliphatic carbocycles. The van der Waals surface area contributed by atoms with Crippen LogP contribution in [0.5, 0.6) is 17.4 Å². The van der Waals surface area contributed by atoms with Crippen LogP contribution >= 0.6 is 11.6 Å². The highest BCUT2D eigenvalue weighted by molar-refractivity contribution is 6.36. The van der Waals surface area contributed by atoms with E-state index in [0.717, 1.165) is 53.0 Å². The third kappa shape index (κ3) is 7.90. The molecule has 2 N–H and O–H groups in total. The van der Waals surface area contributed by atoms with Crippen LogP contribution in [0.25, 0.3) is 22.4 Å². The maximum absolute atomic E-state index is 14.6. The fourth-order valence-electron chi connectivity index (χ4n) is 8.10. The van der Waals surface area contributed by atoms with Gasteiger partial charge in [-0.2, -0.15) is 13.2 Å². The first-order chi connectivity index (χ1) is 26.4. The minimum Gasteiger partial charge on any atom is -0.496 e. The van der Waals surface area contributed by atoms with Crippen molar-refractivity contribution in [2.75, 3.05) is 27.3 Å². The van der Waals surface area contributed by atoms with Gasteiger partial charge in [-0.25, -0.2) is 4.98 Å². The predicted molar refractivity (Wildman–Crippen MR) is 203 cm³/mol. The standard InChI is InChI=1S/C42H44ClF3N4O5/c1-41(24-51)17-6-18-50(41)23-26-19-33(42(44,45)46)37(20-36(26)53-2)55-35-15-13-29-28(7-4-8-30(29)35)31-9-5-10-32(39(31)43)34-14-11-25(40(49-34)54-3)21-47-22-27-12-16-38(52)48-27/h4-5,7-11,14,19-20,24,27,35,47H,6,12-13,15-18,21-23H2,1-3H3,(H,48,52)/t27-,35-,41-/m0/s1. The molecule has 13 heteroatoms. The van der Waals surface area contributed by atoms with E-state index in [0.29, 0.717) is 73.0 Å². The molecule has 2 saturated heterocycles. The summed E-state index contributed by atoms with van der Waals surface area (Å²) >= 11 is 7.14. The maximum atomic E-state index is 14.6. The van der Waals surface area contributed by atoms with Crippen molar-refractivity contribution in [3.8, 4) is 39.8 Å². The van der Waals surface area contributed by atoms with Gasteiger partial charge < -0.3 is 29.6 Å². The van der Waals surface area contributed by atoms with Gasteiger partial charge in [0.05, 0.1) is 36.0 Å². The van der Waals surface area contributed by atoms with E-state index in [4.69, 9.17) is 30.8 Å². The third-order valence-electron chi connectivity index (χ3n) is 11.1. The largest absolute Gasteiger partial charge is 0.496 e. The zero-order chi connectivity index (χ0) is 38.9. The summed E-state index contributed by atoms with van der Waals surface area (Å²) in [6.07, 6.45) is -0.631. The van der Waals surface area contributed by atoms with Crippen molar-refractivity contribution in [3.63, 3.8) is 0 Å². The Morgan fingerprint density at radius 1 is 1.00 bits per heavy atom. The number of carbonyl (C=O) groups excluding carboxylic acids is 2. The number of nitrogens with zero attached hydrogens (tertiary/aromatic N) is 2.